The monoisotopic (exact) mass is 390 g/mol. The van der Waals surface area contributed by atoms with Crippen molar-refractivity contribution in [1.29, 1.82) is 0 Å². The lowest BCUT2D eigenvalue weighted by Gasteiger charge is -2.28. The molecule has 0 aliphatic carbocycles. The molecule has 2 rings (SSSR count). The molecular weight excluding hydrogens is 372 g/mol. The highest BCUT2D eigenvalue weighted by atomic mass is 79.9. The average molecular weight is 392 g/mol. The second-order valence-electron chi connectivity index (χ2n) is 4.97. The zero-order chi connectivity index (χ0) is 13.7. The van der Waals surface area contributed by atoms with E-state index in [-0.39, 0.29) is 24.4 Å². The normalized spacial score (nSPS) is 37.4. The van der Waals surface area contributed by atoms with Crippen LogP contribution in [-0.4, -0.2) is 29.2 Å². The Morgan fingerprint density at radius 3 is 2.84 bits per heavy atom. The minimum Gasteiger partial charge on any atom is -0.371 e. The van der Waals surface area contributed by atoms with Crippen LogP contribution in [0.4, 0.5) is 0 Å². The van der Waals surface area contributed by atoms with Gasteiger partial charge in [-0.3, -0.25) is 0 Å². The fourth-order valence-electron chi connectivity index (χ4n) is 2.59. The summed E-state index contributed by atoms with van der Waals surface area (Å²) in [6.07, 6.45) is 11.1. The van der Waals surface area contributed by atoms with E-state index >= 15 is 0 Å². The Balaban J connectivity index is 2.04. The van der Waals surface area contributed by atoms with E-state index < -0.39 is 0 Å². The van der Waals surface area contributed by atoms with Gasteiger partial charge in [0.15, 0.2) is 0 Å². The van der Waals surface area contributed by atoms with Crippen LogP contribution >= 0.6 is 31.9 Å². The fourth-order valence-corrected chi connectivity index (χ4v) is 3.08. The molecule has 0 amide bonds. The Bertz CT molecular complexity index is 374. The van der Waals surface area contributed by atoms with Crippen molar-refractivity contribution in [3.8, 4) is 0 Å². The maximum absolute atomic E-state index is 6.29. The summed E-state index contributed by atoms with van der Waals surface area (Å²) in [4.78, 5) is 2.14. The van der Waals surface area contributed by atoms with E-state index in [2.05, 4.69) is 56.7 Å². The zero-order valence-corrected chi connectivity index (χ0v) is 14.3. The van der Waals surface area contributed by atoms with Crippen LogP contribution in [0, 0.1) is 0 Å². The predicted molar refractivity (Wildman–Crippen MR) is 84.9 cm³/mol. The number of hydrogen-bond acceptors (Lipinski definition) is 2. The van der Waals surface area contributed by atoms with Gasteiger partial charge in [0.2, 0.25) is 0 Å². The van der Waals surface area contributed by atoms with Gasteiger partial charge in [-0.2, -0.15) is 0 Å². The van der Waals surface area contributed by atoms with Crippen LogP contribution in [0.3, 0.4) is 0 Å². The second-order valence-corrected chi connectivity index (χ2v) is 6.61. The minimum atomic E-state index is 0.117. The Labute approximate surface area is 132 Å². The lowest BCUT2D eigenvalue weighted by Crippen LogP contribution is -2.34. The van der Waals surface area contributed by atoms with E-state index in [1.807, 2.05) is 6.08 Å². The molecule has 2 unspecified atom stereocenters. The van der Waals surface area contributed by atoms with Gasteiger partial charge in [-0.1, -0.05) is 50.9 Å². The van der Waals surface area contributed by atoms with Crippen molar-refractivity contribution in [1.82, 2.24) is 0 Å². The smallest absolute Gasteiger partial charge is 0.0880 e. The molecule has 2 aliphatic heterocycles. The van der Waals surface area contributed by atoms with E-state index in [4.69, 9.17) is 9.47 Å². The van der Waals surface area contributed by atoms with Gasteiger partial charge in [-0.05, 0) is 25.3 Å². The van der Waals surface area contributed by atoms with Crippen molar-refractivity contribution in [2.45, 2.75) is 61.9 Å². The van der Waals surface area contributed by atoms with Gasteiger partial charge in [0, 0.05) is 16.2 Å². The van der Waals surface area contributed by atoms with E-state index in [1.54, 1.807) is 4.99 Å². The van der Waals surface area contributed by atoms with Crippen LogP contribution in [0.15, 0.2) is 28.9 Å². The van der Waals surface area contributed by atoms with Gasteiger partial charge < -0.3 is 9.47 Å². The van der Waals surface area contributed by atoms with Gasteiger partial charge in [-0.25, -0.2) is 0 Å². The molecule has 0 saturated carbocycles. The number of fused-ring (bicyclic) bond motifs is 1. The molecule has 0 aromatic heterocycles. The summed E-state index contributed by atoms with van der Waals surface area (Å²) in [5.74, 6) is 0. The standard InChI is InChI=1S/C15H20Br2O2/c1-2-12(17)13-7-3-4-8-14-15(19-13)10-11(18-14)6-5-9-16/h3-4,6,9,11-15H,2,7-8,10H2,1H3/b4-3-/t5?,11-,12?,13?,14+,15+/m1/s1. The van der Waals surface area contributed by atoms with Crippen LogP contribution < -0.4 is 0 Å². The summed E-state index contributed by atoms with van der Waals surface area (Å²) in [6.45, 7) is 2.18. The molecule has 1 saturated heterocycles. The van der Waals surface area contributed by atoms with Crippen LogP contribution in [0.25, 0.3) is 0 Å². The first-order valence-corrected chi connectivity index (χ1v) is 8.69. The van der Waals surface area contributed by atoms with Gasteiger partial charge >= 0.3 is 0 Å². The SMILES string of the molecule is CCC(Br)C1C/C=C\C[C@@H]2O[C@H](C=C=CBr)C[C@@H]2O1. The van der Waals surface area contributed by atoms with E-state index in [0.29, 0.717) is 4.83 Å². The third-order valence-corrected chi connectivity index (χ3v) is 5.12. The van der Waals surface area contributed by atoms with E-state index in [0.717, 1.165) is 25.7 Å². The van der Waals surface area contributed by atoms with Gasteiger partial charge in [0.25, 0.3) is 0 Å². The summed E-state index contributed by atoms with van der Waals surface area (Å²) in [7, 11) is 0. The number of rotatable bonds is 3. The molecule has 0 aromatic rings. The first-order chi connectivity index (χ1) is 9.24. The Kier molecular flexibility index (Phi) is 6.37. The molecule has 2 aliphatic rings. The predicted octanol–water partition coefficient (Wildman–Crippen LogP) is 4.48. The second kappa shape index (κ2) is 7.80. The summed E-state index contributed by atoms with van der Waals surface area (Å²) in [5.41, 5.74) is 3.04. The molecule has 106 valence electrons. The Morgan fingerprint density at radius 2 is 2.11 bits per heavy atom. The first-order valence-electron chi connectivity index (χ1n) is 6.85. The summed E-state index contributed by atoms with van der Waals surface area (Å²) >= 11 is 6.95. The van der Waals surface area contributed by atoms with Crippen molar-refractivity contribution in [2.24, 2.45) is 0 Å². The molecule has 1 fully saturated rings. The zero-order valence-electron chi connectivity index (χ0n) is 11.1. The number of hydrogen-bond donors (Lipinski definition) is 0. The Hall–Kier alpha value is 0.140. The first kappa shape index (κ1) is 15.5. The highest BCUT2D eigenvalue weighted by Gasteiger charge is 2.37. The van der Waals surface area contributed by atoms with Crippen LogP contribution in [-0.2, 0) is 9.47 Å². The summed E-state index contributed by atoms with van der Waals surface area (Å²) < 4.78 is 12.3. The van der Waals surface area contributed by atoms with Gasteiger partial charge in [0.1, 0.15) is 0 Å². The minimum absolute atomic E-state index is 0.117. The van der Waals surface area contributed by atoms with Gasteiger partial charge in [-0.15, -0.1) is 5.73 Å². The van der Waals surface area contributed by atoms with Gasteiger partial charge in [0.05, 0.1) is 24.4 Å². The van der Waals surface area contributed by atoms with Crippen molar-refractivity contribution < 1.29 is 9.47 Å². The highest BCUT2D eigenvalue weighted by Crippen LogP contribution is 2.31. The molecule has 5 atom stereocenters. The molecule has 0 bridgehead atoms. The van der Waals surface area contributed by atoms with Crippen molar-refractivity contribution in [2.75, 3.05) is 0 Å². The molecule has 4 heteroatoms. The number of ether oxygens (including phenoxy) is 2. The highest BCUT2D eigenvalue weighted by molar-refractivity contribution is 9.11. The average Bonchev–Trinajstić information content (AvgIpc) is 2.77. The fraction of sp³-hybridized carbons (Fsp3) is 0.667. The topological polar surface area (TPSA) is 18.5 Å². The molecule has 2 heterocycles. The lowest BCUT2D eigenvalue weighted by molar-refractivity contribution is -0.0540. The van der Waals surface area contributed by atoms with E-state index in [9.17, 15) is 0 Å². The molecule has 0 radical (unpaired) electrons. The summed E-state index contributed by atoms with van der Waals surface area (Å²) in [5, 5.41) is 0. The lowest BCUT2D eigenvalue weighted by atomic mass is 10.0. The molecule has 19 heavy (non-hydrogen) atoms. The van der Waals surface area contributed by atoms with Crippen molar-refractivity contribution >= 4 is 31.9 Å². The van der Waals surface area contributed by atoms with Crippen LogP contribution in [0.1, 0.15) is 32.6 Å². The molecule has 0 spiro atoms. The number of alkyl halides is 1. The largest absolute Gasteiger partial charge is 0.371 e. The van der Waals surface area contributed by atoms with Crippen LogP contribution in [0.5, 0.6) is 0 Å². The molecule has 0 N–H and O–H groups in total. The Morgan fingerprint density at radius 1 is 1.32 bits per heavy atom. The van der Waals surface area contributed by atoms with E-state index in [1.165, 1.54) is 0 Å². The third kappa shape index (κ3) is 4.30. The van der Waals surface area contributed by atoms with Crippen molar-refractivity contribution in [3.63, 3.8) is 0 Å². The van der Waals surface area contributed by atoms with Crippen molar-refractivity contribution in [3.05, 3.63) is 28.9 Å². The van der Waals surface area contributed by atoms with Crippen LogP contribution in [0.2, 0.25) is 0 Å². The third-order valence-electron chi connectivity index (χ3n) is 3.62. The molecule has 2 nitrogen and oxygen atoms in total. The molecule has 0 aromatic carbocycles. The maximum atomic E-state index is 6.29. The quantitative estimate of drug-likeness (QED) is 0.401. The summed E-state index contributed by atoms with van der Waals surface area (Å²) in [6, 6.07) is 0. The number of halogens is 2. The molecular formula is C15H20Br2O2. The maximum Gasteiger partial charge on any atom is 0.0880 e.